The Morgan fingerprint density at radius 3 is 2.32 bits per heavy atom. The van der Waals surface area contributed by atoms with Crippen LogP contribution in [0.4, 0.5) is 5.69 Å². The Hall–Kier alpha value is -4.01. The number of para-hydroxylation sites is 1. The van der Waals surface area contributed by atoms with Gasteiger partial charge in [0.15, 0.2) is 5.69 Å². The van der Waals surface area contributed by atoms with Crippen molar-refractivity contribution >= 4 is 23.4 Å². The summed E-state index contributed by atoms with van der Waals surface area (Å²) in [4.78, 5) is 39.1. The largest absolute Gasteiger partial charge is 0.326 e. The third kappa shape index (κ3) is 4.16. The van der Waals surface area contributed by atoms with Crippen molar-refractivity contribution in [1.29, 1.82) is 0 Å². The van der Waals surface area contributed by atoms with Gasteiger partial charge in [-0.05, 0) is 43.7 Å². The Morgan fingerprint density at radius 2 is 1.61 bits per heavy atom. The molecule has 2 aromatic carbocycles. The molecule has 0 unspecified atom stereocenters. The molecule has 9 heteroatoms. The van der Waals surface area contributed by atoms with Crippen LogP contribution < -0.4 is 5.32 Å². The molecule has 2 heterocycles. The smallest absolute Gasteiger partial charge is 0.294 e. The number of aromatic nitrogens is 3. The lowest BCUT2D eigenvalue weighted by atomic mass is 10.2. The predicted molar refractivity (Wildman–Crippen MR) is 114 cm³/mol. The van der Waals surface area contributed by atoms with Crippen molar-refractivity contribution in [1.82, 2.24) is 25.0 Å². The minimum absolute atomic E-state index is 0.204. The molecule has 0 spiro atoms. The fraction of sp³-hybridized carbons (Fsp3) is 0.227. The van der Waals surface area contributed by atoms with Gasteiger partial charge in [-0.2, -0.15) is 9.90 Å². The van der Waals surface area contributed by atoms with Gasteiger partial charge >= 0.3 is 0 Å². The predicted octanol–water partition coefficient (Wildman–Crippen LogP) is 2.44. The molecule has 1 saturated heterocycles. The van der Waals surface area contributed by atoms with Crippen LogP contribution >= 0.6 is 0 Å². The summed E-state index contributed by atoms with van der Waals surface area (Å²) in [6.45, 7) is 3.95. The molecule has 158 valence electrons. The lowest BCUT2D eigenvalue weighted by Crippen LogP contribution is -2.45. The highest BCUT2D eigenvalue weighted by Crippen LogP contribution is 2.20. The number of hydrogen-bond acceptors (Lipinski definition) is 5. The number of aryl methyl sites for hydroxylation is 1. The number of rotatable bonds is 4. The molecule has 0 aliphatic carbocycles. The van der Waals surface area contributed by atoms with Crippen LogP contribution in [0, 0.1) is 6.92 Å². The summed E-state index contributed by atoms with van der Waals surface area (Å²) in [5.41, 5.74) is 2.35. The van der Waals surface area contributed by atoms with Gasteiger partial charge in [0.05, 0.1) is 11.4 Å². The van der Waals surface area contributed by atoms with E-state index in [-0.39, 0.29) is 23.4 Å². The van der Waals surface area contributed by atoms with Crippen molar-refractivity contribution in [3.63, 3.8) is 0 Å². The highest BCUT2D eigenvalue weighted by Gasteiger charge is 2.34. The van der Waals surface area contributed by atoms with Gasteiger partial charge in [0.25, 0.3) is 11.8 Å². The third-order valence-electron chi connectivity index (χ3n) is 4.90. The average Bonchev–Trinajstić information content (AvgIpc) is 3.40. The van der Waals surface area contributed by atoms with E-state index in [1.54, 1.807) is 31.2 Å². The molecule has 0 radical (unpaired) electrons. The van der Waals surface area contributed by atoms with Gasteiger partial charge in [-0.15, -0.1) is 5.10 Å². The van der Waals surface area contributed by atoms with Crippen LogP contribution in [0.2, 0.25) is 0 Å². The van der Waals surface area contributed by atoms with E-state index in [2.05, 4.69) is 15.5 Å². The van der Waals surface area contributed by atoms with Crippen LogP contribution in [-0.4, -0.2) is 55.8 Å². The first-order chi connectivity index (χ1) is 14.9. The van der Waals surface area contributed by atoms with E-state index in [9.17, 15) is 14.4 Å². The van der Waals surface area contributed by atoms with E-state index in [0.717, 1.165) is 5.69 Å². The quantitative estimate of drug-likeness (QED) is 0.701. The van der Waals surface area contributed by atoms with Gasteiger partial charge in [-0.1, -0.05) is 24.3 Å². The number of anilines is 1. The zero-order valence-electron chi connectivity index (χ0n) is 17.3. The number of carbonyl (C=O) groups excluding carboxylic acids is 3. The first-order valence-corrected chi connectivity index (χ1v) is 9.94. The van der Waals surface area contributed by atoms with Crippen LogP contribution in [0.5, 0.6) is 0 Å². The molecule has 3 amide bonds. The van der Waals surface area contributed by atoms with Crippen molar-refractivity contribution in [2.24, 2.45) is 0 Å². The molecule has 0 bridgehead atoms. The summed E-state index contributed by atoms with van der Waals surface area (Å²) < 4.78 is 0. The van der Waals surface area contributed by atoms with E-state index < -0.39 is 0 Å². The minimum atomic E-state index is -0.372. The van der Waals surface area contributed by atoms with Crippen LogP contribution in [0.3, 0.4) is 0 Å². The van der Waals surface area contributed by atoms with E-state index in [0.29, 0.717) is 36.5 Å². The summed E-state index contributed by atoms with van der Waals surface area (Å²) in [6.07, 6.45) is 0.661. The van der Waals surface area contributed by atoms with Gasteiger partial charge in [0.2, 0.25) is 5.91 Å². The van der Waals surface area contributed by atoms with Crippen molar-refractivity contribution in [3.8, 4) is 5.69 Å². The Balaban J connectivity index is 1.57. The zero-order valence-corrected chi connectivity index (χ0v) is 17.3. The normalized spacial score (nSPS) is 13.4. The Kier molecular flexibility index (Phi) is 5.48. The SMILES string of the molecule is CC(=O)Nc1cccc(C(=O)N2CCCN2C(=O)c2nn(-c3ccccc3)nc2C)c1. The van der Waals surface area contributed by atoms with Crippen LogP contribution in [0.25, 0.3) is 5.69 Å². The van der Waals surface area contributed by atoms with Gasteiger partial charge in [-0.3, -0.25) is 14.4 Å². The van der Waals surface area contributed by atoms with Crippen molar-refractivity contribution in [2.45, 2.75) is 20.3 Å². The van der Waals surface area contributed by atoms with Crippen LogP contribution in [0.1, 0.15) is 39.9 Å². The molecule has 1 aromatic heterocycles. The second kappa shape index (κ2) is 8.39. The highest BCUT2D eigenvalue weighted by molar-refractivity contribution is 6.00. The Morgan fingerprint density at radius 1 is 0.903 bits per heavy atom. The molecule has 1 aliphatic rings. The molecule has 0 saturated carbocycles. The Labute approximate surface area is 179 Å². The lowest BCUT2D eigenvalue weighted by molar-refractivity contribution is -0.114. The molecule has 1 N–H and O–H groups in total. The highest BCUT2D eigenvalue weighted by atomic mass is 16.2. The minimum Gasteiger partial charge on any atom is -0.326 e. The van der Waals surface area contributed by atoms with Crippen molar-refractivity contribution < 1.29 is 14.4 Å². The maximum atomic E-state index is 13.2. The molecule has 9 nitrogen and oxygen atoms in total. The summed E-state index contributed by atoms with van der Waals surface area (Å²) in [6, 6.07) is 16.0. The molecular weight excluding hydrogens is 396 g/mol. The lowest BCUT2D eigenvalue weighted by Gasteiger charge is -2.27. The molecule has 31 heavy (non-hydrogen) atoms. The number of carbonyl (C=O) groups is 3. The molecule has 1 fully saturated rings. The Bertz CT molecular complexity index is 1140. The monoisotopic (exact) mass is 418 g/mol. The summed E-state index contributed by atoms with van der Waals surface area (Å²) in [5, 5.41) is 14.2. The second-order valence-corrected chi connectivity index (χ2v) is 7.23. The zero-order chi connectivity index (χ0) is 22.0. The second-order valence-electron chi connectivity index (χ2n) is 7.23. The van der Waals surface area contributed by atoms with Crippen molar-refractivity contribution in [3.05, 3.63) is 71.5 Å². The fourth-order valence-electron chi connectivity index (χ4n) is 3.49. The number of hydrazine groups is 1. The third-order valence-corrected chi connectivity index (χ3v) is 4.90. The number of hydrogen-bond donors (Lipinski definition) is 1. The van der Waals surface area contributed by atoms with Crippen LogP contribution in [0.15, 0.2) is 54.6 Å². The average molecular weight is 418 g/mol. The maximum Gasteiger partial charge on any atom is 0.294 e. The summed E-state index contributed by atoms with van der Waals surface area (Å²) in [7, 11) is 0. The van der Waals surface area contributed by atoms with E-state index in [4.69, 9.17) is 0 Å². The van der Waals surface area contributed by atoms with Gasteiger partial charge < -0.3 is 5.32 Å². The topological polar surface area (TPSA) is 100 Å². The van der Waals surface area contributed by atoms with E-state index >= 15 is 0 Å². The number of benzene rings is 2. The molecule has 1 aliphatic heterocycles. The maximum absolute atomic E-state index is 13.2. The summed E-state index contributed by atoms with van der Waals surface area (Å²) >= 11 is 0. The fourth-order valence-corrected chi connectivity index (χ4v) is 3.49. The van der Waals surface area contributed by atoms with Gasteiger partial charge in [-0.25, -0.2) is 10.0 Å². The van der Waals surface area contributed by atoms with Crippen LogP contribution in [-0.2, 0) is 4.79 Å². The molecule has 4 rings (SSSR count). The van der Waals surface area contributed by atoms with Crippen molar-refractivity contribution in [2.75, 3.05) is 18.4 Å². The number of nitrogens with zero attached hydrogens (tertiary/aromatic N) is 5. The van der Waals surface area contributed by atoms with E-state index in [1.165, 1.54) is 21.7 Å². The molecule has 3 aromatic rings. The standard InChI is InChI=1S/C22H22N6O3/c1-15-20(25-28(24-15)19-10-4-3-5-11-19)22(31)27-13-7-12-26(27)21(30)17-8-6-9-18(14-17)23-16(2)29/h3-6,8-11,14H,7,12-13H2,1-2H3,(H,23,29). The van der Waals surface area contributed by atoms with Gasteiger partial charge in [0.1, 0.15) is 0 Å². The first-order valence-electron chi connectivity index (χ1n) is 9.94. The number of amides is 3. The first kappa shape index (κ1) is 20.3. The molecular formula is C22H22N6O3. The van der Waals surface area contributed by atoms with Gasteiger partial charge in [0, 0.05) is 31.3 Å². The summed E-state index contributed by atoms with van der Waals surface area (Å²) in [5.74, 6) is -0.908. The van der Waals surface area contributed by atoms with E-state index in [1.807, 2.05) is 30.3 Å². The number of nitrogens with one attached hydrogen (secondary N) is 1. The molecule has 0 atom stereocenters.